The van der Waals surface area contributed by atoms with Crippen LogP contribution < -0.4 is 0 Å². The molecule has 0 spiro atoms. The SMILES string of the molecule is CCCCC(C(C)C(CCCC)N(C)CCCC)N(C)CCCC. The zero-order valence-corrected chi connectivity index (χ0v) is 18.1. The number of nitrogens with zero attached hydrogens (tertiary/aromatic N) is 2. The highest BCUT2D eigenvalue weighted by molar-refractivity contribution is 4.85. The van der Waals surface area contributed by atoms with Crippen molar-refractivity contribution in [1.29, 1.82) is 0 Å². The third kappa shape index (κ3) is 9.42. The fourth-order valence-corrected chi connectivity index (χ4v) is 4.00. The van der Waals surface area contributed by atoms with E-state index in [-0.39, 0.29) is 0 Å². The second-order valence-corrected chi connectivity index (χ2v) is 7.95. The van der Waals surface area contributed by atoms with Gasteiger partial charge in [-0.15, -0.1) is 0 Å². The first kappa shape index (κ1) is 23.9. The Morgan fingerprint density at radius 2 is 0.917 bits per heavy atom. The second kappa shape index (κ2) is 15.2. The minimum absolute atomic E-state index is 0.738. The van der Waals surface area contributed by atoms with Gasteiger partial charge in [-0.05, 0) is 58.8 Å². The minimum Gasteiger partial charge on any atom is -0.303 e. The summed E-state index contributed by atoms with van der Waals surface area (Å²) in [6, 6.07) is 1.48. The van der Waals surface area contributed by atoms with Gasteiger partial charge in [-0.2, -0.15) is 0 Å². The molecular weight excluding hydrogens is 292 g/mol. The fourth-order valence-electron chi connectivity index (χ4n) is 4.00. The molecule has 0 aliphatic carbocycles. The average Bonchev–Trinajstić information content (AvgIpc) is 2.58. The van der Waals surface area contributed by atoms with Crippen molar-refractivity contribution >= 4 is 0 Å². The third-order valence-electron chi connectivity index (χ3n) is 5.78. The zero-order chi connectivity index (χ0) is 18.4. The highest BCUT2D eigenvalue weighted by Crippen LogP contribution is 2.26. The molecule has 0 aliphatic heterocycles. The van der Waals surface area contributed by atoms with Gasteiger partial charge in [0.1, 0.15) is 0 Å². The van der Waals surface area contributed by atoms with Gasteiger partial charge in [-0.25, -0.2) is 0 Å². The predicted molar refractivity (Wildman–Crippen MR) is 111 cm³/mol. The summed E-state index contributed by atoms with van der Waals surface area (Å²) in [4.78, 5) is 5.35. The maximum absolute atomic E-state index is 2.68. The normalized spacial score (nSPS) is 15.9. The topological polar surface area (TPSA) is 6.48 Å². The Balaban J connectivity index is 5.02. The van der Waals surface area contributed by atoms with Crippen molar-refractivity contribution in [1.82, 2.24) is 9.80 Å². The smallest absolute Gasteiger partial charge is 0.0133 e. The van der Waals surface area contributed by atoms with Crippen LogP contribution in [0.5, 0.6) is 0 Å². The van der Waals surface area contributed by atoms with Crippen molar-refractivity contribution in [3.63, 3.8) is 0 Å². The Morgan fingerprint density at radius 1 is 0.583 bits per heavy atom. The van der Waals surface area contributed by atoms with E-state index in [0.29, 0.717) is 0 Å². The lowest BCUT2D eigenvalue weighted by molar-refractivity contribution is 0.0836. The van der Waals surface area contributed by atoms with Gasteiger partial charge in [-0.1, -0.05) is 73.1 Å². The van der Waals surface area contributed by atoms with E-state index in [1.807, 2.05) is 0 Å². The monoisotopic (exact) mass is 340 g/mol. The van der Waals surface area contributed by atoms with E-state index < -0.39 is 0 Å². The number of hydrogen-bond acceptors (Lipinski definition) is 2. The lowest BCUT2D eigenvalue weighted by Crippen LogP contribution is -2.48. The van der Waals surface area contributed by atoms with Crippen LogP contribution in [0.15, 0.2) is 0 Å². The van der Waals surface area contributed by atoms with Gasteiger partial charge in [0.25, 0.3) is 0 Å². The van der Waals surface area contributed by atoms with Crippen LogP contribution in [0.4, 0.5) is 0 Å². The Morgan fingerprint density at radius 3 is 1.21 bits per heavy atom. The highest BCUT2D eigenvalue weighted by atomic mass is 15.2. The van der Waals surface area contributed by atoms with Gasteiger partial charge >= 0.3 is 0 Å². The summed E-state index contributed by atoms with van der Waals surface area (Å²) in [7, 11) is 4.74. The lowest BCUT2D eigenvalue weighted by Gasteiger charge is -2.41. The Labute approximate surface area is 154 Å². The van der Waals surface area contributed by atoms with Gasteiger partial charge in [0.2, 0.25) is 0 Å². The van der Waals surface area contributed by atoms with Gasteiger partial charge in [0.05, 0.1) is 0 Å². The maximum atomic E-state index is 2.68. The van der Waals surface area contributed by atoms with Crippen LogP contribution >= 0.6 is 0 Å². The standard InChI is InChI=1S/C22H48N2/c1-8-12-16-21(23(6)18-14-10-3)20(5)22(17-13-9-2)24(7)19-15-11-4/h20-22H,8-19H2,1-7H3. The molecule has 0 N–H and O–H groups in total. The number of rotatable bonds is 16. The minimum atomic E-state index is 0.738. The summed E-state index contributed by atoms with van der Waals surface area (Å²) >= 11 is 0. The van der Waals surface area contributed by atoms with E-state index in [1.165, 1.54) is 77.3 Å². The van der Waals surface area contributed by atoms with Crippen LogP contribution in [-0.4, -0.2) is 49.1 Å². The Kier molecular flexibility index (Phi) is 15.1. The molecule has 2 atom stereocenters. The van der Waals surface area contributed by atoms with E-state index in [9.17, 15) is 0 Å². The van der Waals surface area contributed by atoms with Crippen LogP contribution in [0.25, 0.3) is 0 Å². The molecule has 0 radical (unpaired) electrons. The van der Waals surface area contributed by atoms with Crippen molar-refractivity contribution in [2.24, 2.45) is 5.92 Å². The quantitative estimate of drug-likeness (QED) is 0.330. The van der Waals surface area contributed by atoms with Crippen molar-refractivity contribution in [3.8, 4) is 0 Å². The molecule has 0 bridgehead atoms. The summed E-state index contributed by atoms with van der Waals surface area (Å²) in [5.74, 6) is 0.756. The van der Waals surface area contributed by atoms with Crippen LogP contribution in [0.2, 0.25) is 0 Å². The van der Waals surface area contributed by atoms with Crippen LogP contribution in [0, 0.1) is 5.92 Å². The van der Waals surface area contributed by atoms with Gasteiger partial charge in [0.15, 0.2) is 0 Å². The molecule has 2 nitrogen and oxygen atoms in total. The predicted octanol–water partition coefficient (Wildman–Crippen LogP) is 6.20. The molecule has 0 saturated heterocycles. The van der Waals surface area contributed by atoms with Crippen LogP contribution in [0.1, 0.15) is 98.8 Å². The molecule has 0 aromatic carbocycles. The van der Waals surface area contributed by atoms with E-state index in [1.54, 1.807) is 0 Å². The Hall–Kier alpha value is -0.0800. The van der Waals surface area contributed by atoms with Crippen molar-refractivity contribution in [3.05, 3.63) is 0 Å². The summed E-state index contributed by atoms with van der Waals surface area (Å²) in [6.07, 6.45) is 13.4. The van der Waals surface area contributed by atoms with Crippen LogP contribution in [-0.2, 0) is 0 Å². The number of hydrogen-bond donors (Lipinski definition) is 0. The largest absolute Gasteiger partial charge is 0.303 e. The van der Waals surface area contributed by atoms with Crippen molar-refractivity contribution in [2.75, 3.05) is 27.2 Å². The summed E-state index contributed by atoms with van der Waals surface area (Å²) in [6.45, 7) is 14.3. The van der Waals surface area contributed by atoms with Gasteiger partial charge in [-0.3, -0.25) is 0 Å². The zero-order valence-electron chi connectivity index (χ0n) is 18.1. The molecule has 2 heteroatoms. The molecule has 0 aromatic heterocycles. The van der Waals surface area contributed by atoms with Gasteiger partial charge in [0, 0.05) is 12.1 Å². The molecule has 0 aliphatic rings. The maximum Gasteiger partial charge on any atom is 0.0133 e. The third-order valence-corrected chi connectivity index (χ3v) is 5.78. The molecule has 0 heterocycles. The highest BCUT2D eigenvalue weighted by Gasteiger charge is 2.29. The second-order valence-electron chi connectivity index (χ2n) is 7.95. The molecule has 0 saturated carbocycles. The van der Waals surface area contributed by atoms with E-state index >= 15 is 0 Å². The molecule has 2 unspecified atom stereocenters. The molecular formula is C22H48N2. The molecule has 24 heavy (non-hydrogen) atoms. The fraction of sp³-hybridized carbons (Fsp3) is 1.00. The summed E-state index contributed by atoms with van der Waals surface area (Å²) in [5.41, 5.74) is 0. The molecule has 0 aromatic rings. The molecule has 0 fully saturated rings. The first-order chi connectivity index (χ1) is 11.5. The first-order valence-corrected chi connectivity index (χ1v) is 10.9. The van der Waals surface area contributed by atoms with E-state index in [2.05, 4.69) is 58.5 Å². The molecule has 146 valence electrons. The first-order valence-electron chi connectivity index (χ1n) is 10.9. The molecule has 0 rings (SSSR count). The number of unbranched alkanes of at least 4 members (excludes halogenated alkanes) is 4. The average molecular weight is 341 g/mol. The van der Waals surface area contributed by atoms with Crippen molar-refractivity contribution < 1.29 is 0 Å². The Bertz CT molecular complexity index is 241. The van der Waals surface area contributed by atoms with Crippen LogP contribution in [0.3, 0.4) is 0 Å². The summed E-state index contributed by atoms with van der Waals surface area (Å²) < 4.78 is 0. The summed E-state index contributed by atoms with van der Waals surface area (Å²) in [5, 5.41) is 0. The van der Waals surface area contributed by atoms with Crippen molar-refractivity contribution in [2.45, 2.75) is 111 Å². The van der Waals surface area contributed by atoms with E-state index in [0.717, 1.165) is 18.0 Å². The van der Waals surface area contributed by atoms with E-state index in [4.69, 9.17) is 0 Å². The molecule has 0 amide bonds. The van der Waals surface area contributed by atoms with Gasteiger partial charge < -0.3 is 9.80 Å². The lowest BCUT2D eigenvalue weighted by atomic mass is 9.85.